The van der Waals surface area contributed by atoms with Gasteiger partial charge in [0.05, 0.1) is 6.61 Å². The van der Waals surface area contributed by atoms with Gasteiger partial charge in [0, 0.05) is 29.3 Å². The van der Waals surface area contributed by atoms with Crippen molar-refractivity contribution >= 4 is 17.7 Å². The van der Waals surface area contributed by atoms with Gasteiger partial charge in [-0.15, -0.1) is 0 Å². The number of amides is 1. The molecular weight excluding hydrogens is 270 g/mol. The number of nitrogens with one attached hydrogen (secondary N) is 1. The molecule has 0 radical (unpaired) electrons. The molecule has 1 unspecified atom stereocenters. The zero-order valence-corrected chi connectivity index (χ0v) is 12.4. The summed E-state index contributed by atoms with van der Waals surface area (Å²) in [6, 6.07) is 5.86. The largest absolute Gasteiger partial charge is 0.395 e. The Balaban J connectivity index is 2.04. The van der Waals surface area contributed by atoms with Crippen LogP contribution >= 0.6 is 11.8 Å². The molecule has 1 amide bonds. The lowest BCUT2D eigenvalue weighted by atomic mass is 10.0. The first-order valence-electron chi connectivity index (χ1n) is 6.79. The van der Waals surface area contributed by atoms with Crippen molar-refractivity contribution in [1.29, 1.82) is 0 Å². The van der Waals surface area contributed by atoms with E-state index in [2.05, 4.69) is 17.2 Å². The Morgan fingerprint density at radius 2 is 2.40 bits per heavy atom. The molecule has 106 valence electrons. The molecule has 1 fully saturated rings. The maximum atomic E-state index is 12.1. The number of aliphatic hydroxyl groups is 1. The monoisotopic (exact) mass is 289 g/mol. The number of aliphatic hydroxyl groups excluding tert-OH is 1. The summed E-state index contributed by atoms with van der Waals surface area (Å²) in [6.07, 6.45) is 1.53. The smallest absolute Gasteiger partial charge is 0.251 e. The SMILES string of the molecule is Cc1cc(C(=O)NC2CCSC2)ccc1C#CCCO. The number of rotatable bonds is 3. The molecule has 0 spiro atoms. The lowest BCUT2D eigenvalue weighted by molar-refractivity contribution is 0.0941. The summed E-state index contributed by atoms with van der Waals surface area (Å²) >= 11 is 1.88. The van der Waals surface area contributed by atoms with Crippen molar-refractivity contribution in [2.24, 2.45) is 0 Å². The third-order valence-electron chi connectivity index (χ3n) is 3.21. The molecule has 0 saturated carbocycles. The second-order valence-corrected chi connectivity index (χ2v) is 5.99. The highest BCUT2D eigenvalue weighted by atomic mass is 32.2. The number of hydrogen-bond acceptors (Lipinski definition) is 3. The number of hydrogen-bond donors (Lipinski definition) is 2. The van der Waals surface area contributed by atoms with Crippen LogP contribution in [0, 0.1) is 18.8 Å². The molecule has 2 N–H and O–H groups in total. The second kappa shape index (κ2) is 7.37. The highest BCUT2D eigenvalue weighted by molar-refractivity contribution is 7.99. The Morgan fingerprint density at radius 3 is 3.05 bits per heavy atom. The zero-order chi connectivity index (χ0) is 14.4. The van der Waals surface area contributed by atoms with Crippen LogP contribution in [-0.4, -0.2) is 35.2 Å². The van der Waals surface area contributed by atoms with E-state index in [0.717, 1.165) is 29.1 Å². The van der Waals surface area contributed by atoms with Crippen LogP contribution in [0.4, 0.5) is 0 Å². The van der Waals surface area contributed by atoms with E-state index >= 15 is 0 Å². The number of thioether (sulfide) groups is 1. The van der Waals surface area contributed by atoms with Gasteiger partial charge in [0.15, 0.2) is 0 Å². The van der Waals surface area contributed by atoms with Crippen LogP contribution in [0.25, 0.3) is 0 Å². The standard InChI is InChI=1S/C16H19NO2S/c1-12-10-14(6-5-13(12)4-2-3-8-18)16(19)17-15-7-9-20-11-15/h5-6,10,15,18H,3,7-9,11H2,1H3,(H,17,19). The minimum Gasteiger partial charge on any atom is -0.395 e. The molecule has 4 heteroatoms. The van der Waals surface area contributed by atoms with Crippen LogP contribution in [0.3, 0.4) is 0 Å². The first-order chi connectivity index (χ1) is 9.70. The summed E-state index contributed by atoms with van der Waals surface area (Å²) in [7, 11) is 0. The van der Waals surface area contributed by atoms with E-state index < -0.39 is 0 Å². The van der Waals surface area contributed by atoms with E-state index in [1.54, 1.807) is 0 Å². The fraction of sp³-hybridized carbons (Fsp3) is 0.438. The summed E-state index contributed by atoms with van der Waals surface area (Å²) in [5.41, 5.74) is 2.59. The molecule has 1 aliphatic rings. The quantitative estimate of drug-likeness (QED) is 0.836. The zero-order valence-electron chi connectivity index (χ0n) is 11.6. The van der Waals surface area contributed by atoms with Crippen LogP contribution in [-0.2, 0) is 0 Å². The summed E-state index contributed by atoms with van der Waals surface area (Å²) < 4.78 is 0. The molecule has 0 bridgehead atoms. The normalized spacial score (nSPS) is 17.4. The van der Waals surface area contributed by atoms with Gasteiger partial charge in [0.1, 0.15) is 0 Å². The van der Waals surface area contributed by atoms with Gasteiger partial charge < -0.3 is 10.4 Å². The molecule has 1 aromatic rings. The van der Waals surface area contributed by atoms with Gasteiger partial charge in [-0.3, -0.25) is 4.79 Å². The predicted octanol–water partition coefficient (Wildman–Crippen LogP) is 1.96. The topological polar surface area (TPSA) is 49.3 Å². The number of carbonyl (C=O) groups excluding carboxylic acids is 1. The van der Waals surface area contributed by atoms with Crippen molar-refractivity contribution in [1.82, 2.24) is 5.32 Å². The Labute approximate surface area is 124 Å². The van der Waals surface area contributed by atoms with Crippen molar-refractivity contribution in [3.05, 3.63) is 34.9 Å². The molecule has 1 aliphatic heterocycles. The van der Waals surface area contributed by atoms with Crippen LogP contribution in [0.1, 0.15) is 34.3 Å². The number of benzene rings is 1. The first-order valence-corrected chi connectivity index (χ1v) is 7.95. The fourth-order valence-electron chi connectivity index (χ4n) is 2.08. The summed E-state index contributed by atoms with van der Waals surface area (Å²) in [5.74, 6) is 8.04. The maximum Gasteiger partial charge on any atom is 0.251 e. The van der Waals surface area contributed by atoms with Gasteiger partial charge in [0.25, 0.3) is 5.91 Å². The van der Waals surface area contributed by atoms with E-state index in [0.29, 0.717) is 18.0 Å². The highest BCUT2D eigenvalue weighted by Crippen LogP contribution is 2.18. The van der Waals surface area contributed by atoms with Gasteiger partial charge in [-0.05, 0) is 42.9 Å². The fourth-order valence-corrected chi connectivity index (χ4v) is 3.23. The molecule has 0 aromatic heterocycles. The molecular formula is C16H19NO2S. The minimum atomic E-state index is -0.00420. The van der Waals surface area contributed by atoms with E-state index in [1.807, 2.05) is 36.9 Å². The van der Waals surface area contributed by atoms with Crippen molar-refractivity contribution in [3.63, 3.8) is 0 Å². The summed E-state index contributed by atoms with van der Waals surface area (Å²) in [4.78, 5) is 12.1. The van der Waals surface area contributed by atoms with E-state index in [4.69, 9.17) is 5.11 Å². The highest BCUT2D eigenvalue weighted by Gasteiger charge is 2.18. The third-order valence-corrected chi connectivity index (χ3v) is 4.38. The summed E-state index contributed by atoms with van der Waals surface area (Å²) in [6.45, 7) is 2.02. The molecule has 2 rings (SSSR count). The summed E-state index contributed by atoms with van der Waals surface area (Å²) in [5, 5.41) is 11.8. The van der Waals surface area contributed by atoms with Gasteiger partial charge in [-0.2, -0.15) is 11.8 Å². The Morgan fingerprint density at radius 1 is 1.55 bits per heavy atom. The van der Waals surface area contributed by atoms with Gasteiger partial charge in [0.2, 0.25) is 0 Å². The predicted molar refractivity (Wildman–Crippen MR) is 83.0 cm³/mol. The van der Waals surface area contributed by atoms with Crippen LogP contribution in [0.2, 0.25) is 0 Å². The van der Waals surface area contributed by atoms with Crippen LogP contribution in [0.5, 0.6) is 0 Å². The van der Waals surface area contributed by atoms with Crippen LogP contribution in [0.15, 0.2) is 18.2 Å². The van der Waals surface area contributed by atoms with Crippen LogP contribution < -0.4 is 5.32 Å². The molecule has 1 atom stereocenters. The minimum absolute atomic E-state index is 0.00420. The van der Waals surface area contributed by atoms with Gasteiger partial charge in [-0.1, -0.05) is 11.8 Å². The van der Waals surface area contributed by atoms with E-state index in [-0.39, 0.29) is 12.5 Å². The molecule has 3 nitrogen and oxygen atoms in total. The second-order valence-electron chi connectivity index (χ2n) is 4.84. The molecule has 1 heterocycles. The average molecular weight is 289 g/mol. The lowest BCUT2D eigenvalue weighted by Crippen LogP contribution is -2.34. The molecule has 20 heavy (non-hydrogen) atoms. The Kier molecular flexibility index (Phi) is 5.51. The van der Waals surface area contributed by atoms with Crippen molar-refractivity contribution in [2.75, 3.05) is 18.1 Å². The molecule has 1 saturated heterocycles. The van der Waals surface area contributed by atoms with Gasteiger partial charge in [-0.25, -0.2) is 0 Å². The van der Waals surface area contributed by atoms with E-state index in [9.17, 15) is 4.79 Å². The lowest BCUT2D eigenvalue weighted by Gasteiger charge is -2.11. The third kappa shape index (κ3) is 4.03. The molecule has 0 aliphatic carbocycles. The van der Waals surface area contributed by atoms with Crippen molar-refractivity contribution in [2.45, 2.75) is 25.8 Å². The van der Waals surface area contributed by atoms with Gasteiger partial charge >= 0.3 is 0 Å². The maximum absolute atomic E-state index is 12.1. The van der Waals surface area contributed by atoms with Crippen molar-refractivity contribution in [3.8, 4) is 11.8 Å². The number of carbonyl (C=O) groups is 1. The Hall–Kier alpha value is -1.44. The number of aryl methyl sites for hydroxylation is 1. The average Bonchev–Trinajstić information content (AvgIpc) is 2.93. The molecule has 1 aromatic carbocycles. The Bertz CT molecular complexity index is 539. The van der Waals surface area contributed by atoms with E-state index in [1.165, 1.54) is 0 Å². The first kappa shape index (κ1) is 15.0. The van der Waals surface area contributed by atoms with Crippen molar-refractivity contribution < 1.29 is 9.90 Å².